The van der Waals surface area contributed by atoms with Gasteiger partial charge in [-0.1, -0.05) is 264 Å². The average molecular weight is 749 g/mol. The second-order valence-corrected chi connectivity index (χ2v) is 17.5. The lowest BCUT2D eigenvalue weighted by Gasteiger charge is -2.17. The van der Waals surface area contributed by atoms with Gasteiger partial charge in [0.05, 0.1) is 0 Å². The molecule has 0 aliphatic heterocycles. The van der Waals surface area contributed by atoms with Crippen molar-refractivity contribution in [3.63, 3.8) is 0 Å². The van der Waals surface area contributed by atoms with Crippen molar-refractivity contribution in [1.29, 1.82) is 0 Å². The fourth-order valence-electron chi connectivity index (χ4n) is 8.24. The van der Waals surface area contributed by atoms with Crippen LogP contribution >= 0.6 is 0 Å². The van der Waals surface area contributed by atoms with E-state index in [1.54, 1.807) is 0 Å². The Morgan fingerprint density at radius 2 is 0.604 bits per heavy atom. The molecule has 0 saturated heterocycles. The van der Waals surface area contributed by atoms with Crippen LogP contribution < -0.4 is 0 Å². The first-order valence-corrected chi connectivity index (χ1v) is 25.0. The number of carbonyl (C=O) groups is 1. The first kappa shape index (κ1) is 52.4. The van der Waals surface area contributed by atoms with Gasteiger partial charge >= 0.3 is 5.97 Å². The van der Waals surface area contributed by atoms with Crippen molar-refractivity contribution in [2.24, 2.45) is 5.92 Å². The van der Waals surface area contributed by atoms with Crippen LogP contribution in [0.3, 0.4) is 0 Å². The Bertz CT molecular complexity index is 663. The van der Waals surface area contributed by atoms with E-state index < -0.39 is 5.97 Å². The van der Waals surface area contributed by atoms with Crippen molar-refractivity contribution in [2.45, 2.75) is 296 Å². The molecular weight excluding hydrogens is 649 g/mol. The topological polar surface area (TPSA) is 46.5 Å². The molecule has 318 valence electrons. The molecule has 0 aliphatic rings. The van der Waals surface area contributed by atoms with Gasteiger partial charge in [0.1, 0.15) is 0 Å². The van der Waals surface area contributed by atoms with E-state index in [0.29, 0.717) is 6.42 Å². The van der Waals surface area contributed by atoms with Crippen molar-refractivity contribution < 1.29 is 14.6 Å². The third kappa shape index (κ3) is 47.5. The number of carboxylic acids is 1. The van der Waals surface area contributed by atoms with E-state index in [0.717, 1.165) is 32.0 Å². The minimum absolute atomic E-state index is 0.342. The number of rotatable bonds is 48. The SMILES string of the molecule is CCCCCCCCCCCCCCCCOCC(CCCCCCCCCCCCCC)CCCCCCCCCCCCCCCCCC(=O)O. The second kappa shape index (κ2) is 47.6. The molecule has 0 spiro atoms. The molecule has 1 atom stereocenters. The van der Waals surface area contributed by atoms with E-state index in [-0.39, 0.29) is 0 Å². The smallest absolute Gasteiger partial charge is 0.303 e. The van der Waals surface area contributed by atoms with Crippen molar-refractivity contribution in [3.8, 4) is 0 Å². The summed E-state index contributed by atoms with van der Waals surface area (Å²) in [4.78, 5) is 10.6. The number of hydrogen-bond acceptors (Lipinski definition) is 2. The van der Waals surface area contributed by atoms with E-state index in [4.69, 9.17) is 9.84 Å². The van der Waals surface area contributed by atoms with Gasteiger partial charge in [-0.25, -0.2) is 0 Å². The number of ether oxygens (including phenoxy) is 1. The Kier molecular flexibility index (Phi) is 47.1. The fourth-order valence-corrected chi connectivity index (χ4v) is 8.24. The maximum absolute atomic E-state index is 10.6. The van der Waals surface area contributed by atoms with Crippen molar-refractivity contribution in [2.75, 3.05) is 13.2 Å². The Balaban J connectivity index is 3.91. The highest BCUT2D eigenvalue weighted by Crippen LogP contribution is 2.21. The molecule has 0 heterocycles. The van der Waals surface area contributed by atoms with Crippen LogP contribution in [0, 0.1) is 5.92 Å². The zero-order valence-electron chi connectivity index (χ0n) is 36.9. The lowest BCUT2D eigenvalue weighted by Crippen LogP contribution is -2.11. The van der Waals surface area contributed by atoms with E-state index in [1.807, 2.05) is 0 Å². The van der Waals surface area contributed by atoms with Crippen molar-refractivity contribution in [3.05, 3.63) is 0 Å². The third-order valence-electron chi connectivity index (χ3n) is 12.0. The van der Waals surface area contributed by atoms with Gasteiger partial charge in [-0.15, -0.1) is 0 Å². The Morgan fingerprint density at radius 1 is 0.358 bits per heavy atom. The minimum atomic E-state index is -0.648. The summed E-state index contributed by atoms with van der Waals surface area (Å²) in [6.45, 7) is 6.62. The molecule has 0 aromatic rings. The van der Waals surface area contributed by atoms with Crippen LogP contribution in [0.2, 0.25) is 0 Å². The van der Waals surface area contributed by atoms with Gasteiger partial charge in [-0.3, -0.25) is 4.79 Å². The largest absolute Gasteiger partial charge is 0.481 e. The molecule has 0 radical (unpaired) electrons. The standard InChI is InChI=1S/C50H100O3/c1-3-5-7-9-11-13-15-17-23-27-31-35-39-43-47-53-48-49(44-40-36-32-28-24-16-14-12-10-8-6-4-2)45-41-37-33-29-25-21-19-18-20-22-26-30-34-38-42-46-50(51)52/h49H,3-48H2,1-2H3,(H,51,52). The Labute approximate surface area is 335 Å². The van der Waals surface area contributed by atoms with E-state index in [1.165, 1.54) is 263 Å². The van der Waals surface area contributed by atoms with Crippen molar-refractivity contribution >= 4 is 5.97 Å². The molecule has 0 fully saturated rings. The minimum Gasteiger partial charge on any atom is -0.481 e. The number of unbranched alkanes of at least 4 members (excludes halogenated alkanes) is 38. The average Bonchev–Trinajstić information content (AvgIpc) is 3.15. The van der Waals surface area contributed by atoms with Crippen LogP contribution in [-0.4, -0.2) is 24.3 Å². The predicted molar refractivity (Wildman–Crippen MR) is 236 cm³/mol. The summed E-state index contributed by atoms with van der Waals surface area (Å²) in [5.41, 5.74) is 0. The zero-order valence-corrected chi connectivity index (χ0v) is 36.9. The summed E-state index contributed by atoms with van der Waals surface area (Å²) in [6, 6.07) is 0. The van der Waals surface area contributed by atoms with Crippen LogP contribution in [0.4, 0.5) is 0 Å². The van der Waals surface area contributed by atoms with Crippen LogP contribution in [-0.2, 0) is 9.53 Å². The zero-order chi connectivity index (χ0) is 38.4. The molecule has 0 aliphatic carbocycles. The molecule has 53 heavy (non-hydrogen) atoms. The van der Waals surface area contributed by atoms with E-state index >= 15 is 0 Å². The second-order valence-electron chi connectivity index (χ2n) is 17.5. The monoisotopic (exact) mass is 749 g/mol. The van der Waals surface area contributed by atoms with Gasteiger partial charge in [0.25, 0.3) is 0 Å². The highest BCUT2D eigenvalue weighted by Gasteiger charge is 2.09. The maximum Gasteiger partial charge on any atom is 0.303 e. The number of carboxylic acid groups (broad SMARTS) is 1. The summed E-state index contributed by atoms with van der Waals surface area (Å²) < 4.78 is 6.33. The molecule has 3 heteroatoms. The highest BCUT2D eigenvalue weighted by atomic mass is 16.5. The van der Waals surface area contributed by atoms with Gasteiger partial charge in [-0.2, -0.15) is 0 Å². The van der Waals surface area contributed by atoms with Gasteiger partial charge in [0.15, 0.2) is 0 Å². The molecule has 0 bridgehead atoms. The van der Waals surface area contributed by atoms with Crippen LogP contribution in [0.5, 0.6) is 0 Å². The predicted octanol–water partition coefficient (Wildman–Crippen LogP) is 17.9. The molecule has 3 nitrogen and oxygen atoms in total. The first-order valence-electron chi connectivity index (χ1n) is 25.0. The molecular formula is C50H100O3. The Morgan fingerprint density at radius 3 is 0.887 bits per heavy atom. The summed E-state index contributed by atoms with van der Waals surface area (Å²) in [5, 5.41) is 8.72. The summed E-state index contributed by atoms with van der Waals surface area (Å²) >= 11 is 0. The van der Waals surface area contributed by atoms with Crippen molar-refractivity contribution in [1.82, 2.24) is 0 Å². The first-order chi connectivity index (χ1) is 26.2. The van der Waals surface area contributed by atoms with Gasteiger partial charge in [0, 0.05) is 19.6 Å². The van der Waals surface area contributed by atoms with Gasteiger partial charge < -0.3 is 9.84 Å². The van der Waals surface area contributed by atoms with Crippen LogP contribution in [0.25, 0.3) is 0 Å². The lowest BCUT2D eigenvalue weighted by molar-refractivity contribution is -0.137. The summed E-state index contributed by atoms with van der Waals surface area (Å²) in [7, 11) is 0. The maximum atomic E-state index is 10.6. The molecule has 0 amide bonds. The number of hydrogen-bond donors (Lipinski definition) is 1. The van der Waals surface area contributed by atoms with E-state index in [9.17, 15) is 4.79 Å². The quantitative estimate of drug-likeness (QED) is 0.0630. The molecule has 0 saturated carbocycles. The van der Waals surface area contributed by atoms with Gasteiger partial charge in [-0.05, 0) is 31.6 Å². The highest BCUT2D eigenvalue weighted by molar-refractivity contribution is 5.66. The van der Waals surface area contributed by atoms with Gasteiger partial charge in [0.2, 0.25) is 0 Å². The fraction of sp³-hybridized carbons (Fsp3) is 0.980. The lowest BCUT2D eigenvalue weighted by atomic mass is 9.94. The molecule has 0 aromatic heterocycles. The number of aliphatic carboxylic acids is 1. The molecule has 1 N–H and O–H groups in total. The summed E-state index contributed by atoms with van der Waals surface area (Å²) in [5.74, 6) is 0.138. The molecule has 0 rings (SSSR count). The Hall–Kier alpha value is -0.570. The summed E-state index contributed by atoms with van der Waals surface area (Å²) in [6.07, 6.45) is 60.1. The van der Waals surface area contributed by atoms with E-state index in [2.05, 4.69) is 13.8 Å². The van der Waals surface area contributed by atoms with Crippen LogP contribution in [0.1, 0.15) is 296 Å². The molecule has 1 unspecified atom stereocenters. The normalized spacial score (nSPS) is 12.2. The van der Waals surface area contributed by atoms with Crippen LogP contribution in [0.15, 0.2) is 0 Å². The molecule has 0 aromatic carbocycles. The third-order valence-corrected chi connectivity index (χ3v) is 12.0.